The molecule has 1 unspecified atom stereocenters. The highest BCUT2D eigenvalue weighted by Gasteiger charge is 2.25. The maximum absolute atomic E-state index is 14.2. The van der Waals surface area contributed by atoms with E-state index in [9.17, 15) is 76.2 Å². The number of allylic oxidation sites excluding steroid dienone is 3. The Morgan fingerprint density at radius 1 is 0.634 bits per heavy atom. The van der Waals surface area contributed by atoms with Crippen LogP contribution in [0.1, 0.15) is 123 Å². The molecular formula is C54H71N5O19S4. The molecule has 1 atom stereocenters. The van der Waals surface area contributed by atoms with Gasteiger partial charge in [0, 0.05) is 78.8 Å². The first kappa shape index (κ1) is 69.2. The third-order valence-corrected chi connectivity index (χ3v) is 15.4. The molecule has 0 spiro atoms. The van der Waals surface area contributed by atoms with E-state index in [1.54, 1.807) is 67.0 Å². The summed E-state index contributed by atoms with van der Waals surface area (Å²) in [5.74, 6) is -1.17. The molecule has 8 N–H and O–H groups in total. The number of rotatable bonds is 36. The number of terminal acetylenes is 2. The average molecular weight is 1220 g/mol. The minimum Gasteiger partial charge on any atom is -0.493 e. The lowest BCUT2D eigenvalue weighted by Crippen LogP contribution is -2.36. The number of nitrogens with zero attached hydrogens (tertiary/aromatic N) is 2. The molecule has 28 heteroatoms. The summed E-state index contributed by atoms with van der Waals surface area (Å²) in [4.78, 5) is 56.8. The van der Waals surface area contributed by atoms with E-state index >= 15 is 0 Å². The molecule has 0 aromatic heterocycles. The number of benzene rings is 3. The zero-order chi connectivity index (χ0) is 61.4. The number of unbranched alkanes of at least 4 members (excludes halogenated alkanes) is 4. The maximum Gasteiger partial charge on any atom is 0.335 e. The number of aromatic carboxylic acids is 1. The third-order valence-electron chi connectivity index (χ3n) is 12.3. The van der Waals surface area contributed by atoms with Gasteiger partial charge >= 0.3 is 5.97 Å². The lowest BCUT2D eigenvalue weighted by molar-refractivity contribution is 0.0694. The SMILES string of the molecule is C#CCCCCOc1cc(C(=O)O)cc(OCCCCC#C)c1CNC(=O)c1cccc(N(CCCS(=O)(=O)O)/C(C)=C/C=C/C(C)N(CCCS(=O)(=O)O)c2cc(C(=O)NCCS(=O)(=O)O)cc(C(=O)NCCS(=O)(=O)O)c2C)c1C. The first-order chi connectivity index (χ1) is 38.4. The van der Waals surface area contributed by atoms with Crippen LogP contribution in [0.3, 0.4) is 0 Å². The topological polar surface area (TPSA) is 367 Å². The van der Waals surface area contributed by atoms with Crippen LogP contribution in [0.5, 0.6) is 11.5 Å². The van der Waals surface area contributed by atoms with E-state index in [0.29, 0.717) is 61.0 Å². The standard InChI is InChI=1S/C54H71N5O19S4/c1-7-9-11-13-27-77-49-35-43(54(63)64)36-50(78-28-14-12-10-8-2)46(49)37-57-52(61)44-21-16-22-47(40(44)5)58(25-17-29-79(65,66)67)38(3)19-15-20-39(4)59(26-18-30-80(68,69)70)48-34-42(51(60)55-23-31-81(71,72)73)33-45(41(48)6)53(62)56-24-32-82(74,75)76/h1-2,15-16,19-22,33-36,39H,9-14,17-18,23-32,37H2,3-6H3,(H,55,60)(H,56,62)(H,57,61)(H,63,64)(H,65,66,67)(H,68,69,70)(H,71,72,73)(H,74,75,76)/b20-15+,38-19+. The number of anilines is 2. The van der Waals surface area contributed by atoms with E-state index in [-0.39, 0.29) is 90.7 Å². The number of carboxylic acids is 1. The average Bonchev–Trinajstić information content (AvgIpc) is 3.46. The van der Waals surface area contributed by atoms with Crippen molar-refractivity contribution in [3.63, 3.8) is 0 Å². The summed E-state index contributed by atoms with van der Waals surface area (Å²) in [6, 6.07) is 9.27. The highest BCUT2D eigenvalue weighted by atomic mass is 32.2. The van der Waals surface area contributed by atoms with Crippen molar-refractivity contribution in [1.29, 1.82) is 0 Å². The second kappa shape index (κ2) is 32.6. The van der Waals surface area contributed by atoms with E-state index in [4.69, 9.17) is 22.3 Å². The molecule has 82 heavy (non-hydrogen) atoms. The number of ether oxygens (including phenoxy) is 2. The van der Waals surface area contributed by atoms with Gasteiger partial charge in [-0.2, -0.15) is 33.7 Å². The largest absolute Gasteiger partial charge is 0.493 e. The molecule has 3 aromatic rings. The first-order valence-corrected chi connectivity index (χ1v) is 32.1. The molecule has 0 heterocycles. The van der Waals surface area contributed by atoms with Crippen LogP contribution >= 0.6 is 0 Å². The minimum absolute atomic E-state index is 0.00738. The Bertz CT molecular complexity index is 3320. The molecule has 3 amide bonds. The molecule has 0 bridgehead atoms. The van der Waals surface area contributed by atoms with Crippen molar-refractivity contribution in [2.75, 3.05) is 72.2 Å². The molecule has 3 rings (SSSR count). The van der Waals surface area contributed by atoms with Crippen molar-refractivity contribution < 1.29 is 85.6 Å². The highest BCUT2D eigenvalue weighted by Crippen LogP contribution is 2.33. The zero-order valence-electron chi connectivity index (χ0n) is 45.9. The molecule has 24 nitrogen and oxygen atoms in total. The van der Waals surface area contributed by atoms with Gasteiger partial charge in [0.15, 0.2) is 0 Å². The van der Waals surface area contributed by atoms with E-state index in [1.807, 2.05) is 0 Å². The van der Waals surface area contributed by atoms with Gasteiger partial charge in [-0.15, -0.1) is 24.7 Å². The van der Waals surface area contributed by atoms with Crippen LogP contribution < -0.4 is 35.2 Å². The van der Waals surface area contributed by atoms with Gasteiger partial charge in [0.1, 0.15) is 11.5 Å². The summed E-state index contributed by atoms with van der Waals surface area (Å²) < 4.78 is 143. The quantitative estimate of drug-likeness (QED) is 0.0159. The number of nitrogens with one attached hydrogen (secondary N) is 3. The van der Waals surface area contributed by atoms with E-state index in [2.05, 4.69) is 27.8 Å². The molecule has 0 saturated heterocycles. The van der Waals surface area contributed by atoms with Gasteiger partial charge in [0.25, 0.3) is 58.2 Å². The number of hydrogen-bond donors (Lipinski definition) is 8. The molecule has 0 aliphatic heterocycles. The van der Waals surface area contributed by atoms with Gasteiger partial charge in [0.2, 0.25) is 0 Å². The molecular weight excluding hydrogens is 1150 g/mol. The van der Waals surface area contributed by atoms with Crippen LogP contribution in [0.2, 0.25) is 0 Å². The summed E-state index contributed by atoms with van der Waals surface area (Å²) >= 11 is 0. The summed E-state index contributed by atoms with van der Waals surface area (Å²) in [5.41, 5.74) is 1.78. The molecule has 0 saturated carbocycles. The number of carbonyl (C=O) groups excluding carboxylic acids is 3. The van der Waals surface area contributed by atoms with Crippen molar-refractivity contribution in [2.24, 2.45) is 0 Å². The summed E-state index contributed by atoms with van der Waals surface area (Å²) in [6.07, 6.45) is 18.8. The van der Waals surface area contributed by atoms with Crippen molar-refractivity contribution in [1.82, 2.24) is 16.0 Å². The fourth-order valence-corrected chi connectivity index (χ4v) is 9.88. The Hall–Kier alpha value is -7.02. The van der Waals surface area contributed by atoms with Crippen molar-refractivity contribution >= 4 is 75.5 Å². The van der Waals surface area contributed by atoms with Crippen LogP contribution in [0, 0.1) is 38.5 Å². The maximum atomic E-state index is 14.2. The molecule has 450 valence electrons. The van der Waals surface area contributed by atoms with E-state index in [0.717, 1.165) is 6.07 Å². The van der Waals surface area contributed by atoms with Gasteiger partial charge in [-0.3, -0.25) is 32.6 Å². The Kier molecular flexibility index (Phi) is 27.5. The van der Waals surface area contributed by atoms with Crippen molar-refractivity contribution in [2.45, 2.75) is 91.6 Å². The number of hydrogen-bond acceptors (Lipinski definition) is 16. The van der Waals surface area contributed by atoms with Crippen LogP contribution in [0.4, 0.5) is 11.4 Å². The Morgan fingerprint density at radius 2 is 1.13 bits per heavy atom. The summed E-state index contributed by atoms with van der Waals surface area (Å²) in [5, 5.41) is 17.5. The van der Waals surface area contributed by atoms with Crippen LogP contribution in [0.15, 0.2) is 66.4 Å². The summed E-state index contributed by atoms with van der Waals surface area (Å²) in [6.45, 7) is 5.46. The Labute approximate surface area is 480 Å². The second-order valence-electron chi connectivity index (χ2n) is 18.7. The molecule has 0 fully saturated rings. The Balaban J connectivity index is 2.13. The lowest BCUT2D eigenvalue weighted by atomic mass is 9.99. The van der Waals surface area contributed by atoms with Gasteiger partial charge < -0.3 is 40.3 Å². The van der Waals surface area contributed by atoms with Crippen LogP contribution in [-0.2, 0) is 47.0 Å². The van der Waals surface area contributed by atoms with Gasteiger partial charge in [-0.05, 0) is 120 Å². The predicted octanol–water partition coefficient (Wildman–Crippen LogP) is 5.25. The summed E-state index contributed by atoms with van der Waals surface area (Å²) in [7, 11) is -17.9. The highest BCUT2D eigenvalue weighted by molar-refractivity contribution is 7.86. The van der Waals surface area contributed by atoms with Crippen molar-refractivity contribution in [3.05, 3.63) is 105 Å². The van der Waals surface area contributed by atoms with E-state index in [1.165, 1.54) is 25.1 Å². The zero-order valence-corrected chi connectivity index (χ0v) is 49.2. The minimum atomic E-state index is -4.51. The predicted molar refractivity (Wildman–Crippen MR) is 310 cm³/mol. The molecule has 0 radical (unpaired) electrons. The smallest absolute Gasteiger partial charge is 0.335 e. The normalized spacial score (nSPS) is 12.4. The molecule has 0 aliphatic carbocycles. The van der Waals surface area contributed by atoms with E-state index < -0.39 is 106 Å². The van der Waals surface area contributed by atoms with Gasteiger partial charge in [-0.1, -0.05) is 18.2 Å². The monoisotopic (exact) mass is 1220 g/mol. The van der Waals surface area contributed by atoms with Gasteiger partial charge in [0.05, 0.1) is 53.9 Å². The fourth-order valence-electron chi connectivity index (χ4n) is 8.17. The molecule has 0 aliphatic rings. The number of amides is 3. The van der Waals surface area contributed by atoms with Gasteiger partial charge in [-0.25, -0.2) is 4.79 Å². The number of carboxylic acid groups (broad SMARTS) is 1. The lowest BCUT2D eigenvalue weighted by Gasteiger charge is -2.32. The van der Waals surface area contributed by atoms with Crippen LogP contribution in [-0.4, -0.2) is 149 Å². The van der Waals surface area contributed by atoms with Crippen LogP contribution in [0.25, 0.3) is 0 Å². The number of carbonyl (C=O) groups is 4. The second-order valence-corrected chi connectivity index (χ2v) is 25.0. The fraction of sp³-hybridized carbons (Fsp3) is 0.444. The van der Waals surface area contributed by atoms with Crippen molar-refractivity contribution in [3.8, 4) is 36.2 Å². The Morgan fingerprint density at radius 3 is 1.65 bits per heavy atom. The molecule has 3 aromatic carbocycles. The first-order valence-electron chi connectivity index (χ1n) is 25.7. The third kappa shape index (κ3) is 24.6.